The van der Waals surface area contributed by atoms with Crippen LogP contribution in [0.1, 0.15) is 48.9 Å². The molecule has 22 heteroatoms. The van der Waals surface area contributed by atoms with Gasteiger partial charge in [0.25, 0.3) is 0 Å². The standard InChI is InChI=1S/C62H73N11O9S2/c1-35(2)54(62(82)72-53(34-84)60(80)68-49(55(65)75)30-38-18-22-40-11-4-6-13-42(40)27-38)73-57(77)48(16-9-25-63)67-59(79)51(31-43-32-66-47-15-8-7-14-45(43)47)70-58(78)50(29-36-19-23-44(74)24-20-36)69-61(81)52(33-83)71-56(76)46(64)28-37-17-21-39-10-3-5-12-41(39)26-37/h3-8,10-15,17-24,26-27,32,35,46,48-54,66,74,83-84H,9,16,25,28-31,33-34,63-64H2,1-2H3,(H2,65,75)(H,67,79)(H,68,80)(H,69,81)(H,70,78)(H,71,76)(H,72,82)(H,73,77). The quantitative estimate of drug-likeness (QED) is 0.0303. The van der Waals surface area contributed by atoms with Gasteiger partial charge in [-0.2, -0.15) is 25.3 Å². The van der Waals surface area contributed by atoms with Crippen LogP contribution in [0, 0.1) is 5.92 Å². The third kappa shape index (κ3) is 17.3. The Kier molecular flexibility index (Phi) is 22.7. The maximum Gasteiger partial charge on any atom is 0.244 e. The van der Waals surface area contributed by atoms with Gasteiger partial charge in [-0.05, 0) is 93.7 Å². The summed E-state index contributed by atoms with van der Waals surface area (Å²) in [6.07, 6.45) is 1.94. The SMILES string of the molecule is CC(C)C(NC(=O)C(CCCN)NC(=O)C(Cc1c[nH]c2ccccc12)NC(=O)C(Cc1ccc(O)cc1)NC(=O)C(CS)NC(=O)C(N)Cc1ccc2ccccc2c1)C(=O)NC(CS)C(=O)NC(Cc1ccc2ccccc2c1)C(N)=O. The molecule has 0 bridgehead atoms. The van der Waals surface area contributed by atoms with Gasteiger partial charge in [0.15, 0.2) is 0 Å². The summed E-state index contributed by atoms with van der Waals surface area (Å²) in [7, 11) is 0. The van der Waals surface area contributed by atoms with E-state index in [1.165, 1.54) is 12.1 Å². The number of rotatable bonds is 29. The predicted octanol–water partition coefficient (Wildman–Crippen LogP) is 2.91. The average molecular weight is 1180 g/mol. The van der Waals surface area contributed by atoms with Gasteiger partial charge >= 0.3 is 0 Å². The Morgan fingerprint density at radius 1 is 0.500 bits per heavy atom. The number of H-pyrrole nitrogens is 1. The highest BCUT2D eigenvalue weighted by molar-refractivity contribution is 7.80. The summed E-state index contributed by atoms with van der Waals surface area (Å²) in [6, 6.07) is 30.0. The second kappa shape index (κ2) is 30.2. The Balaban J connectivity index is 1.07. The molecular weight excluding hydrogens is 1110 g/mol. The molecule has 20 nitrogen and oxygen atoms in total. The van der Waals surface area contributed by atoms with Crippen molar-refractivity contribution in [3.05, 3.63) is 162 Å². The second-order valence-corrected chi connectivity index (χ2v) is 21.8. The van der Waals surface area contributed by atoms with E-state index in [4.69, 9.17) is 17.2 Å². The van der Waals surface area contributed by atoms with Crippen LogP contribution in [0.3, 0.4) is 0 Å². The van der Waals surface area contributed by atoms with Crippen LogP contribution in [0.5, 0.6) is 5.75 Å². The summed E-state index contributed by atoms with van der Waals surface area (Å²) >= 11 is 8.69. The number of fused-ring (bicyclic) bond motifs is 3. The van der Waals surface area contributed by atoms with Gasteiger partial charge in [-0.3, -0.25) is 38.4 Å². The summed E-state index contributed by atoms with van der Waals surface area (Å²) in [5.41, 5.74) is 21.5. The summed E-state index contributed by atoms with van der Waals surface area (Å²) in [5, 5.41) is 33.8. The Morgan fingerprint density at radius 2 is 0.952 bits per heavy atom. The molecule has 1 aromatic heterocycles. The van der Waals surface area contributed by atoms with Crippen molar-refractivity contribution in [1.29, 1.82) is 0 Å². The Labute approximate surface area is 497 Å². The molecule has 1 heterocycles. The van der Waals surface area contributed by atoms with Gasteiger partial charge < -0.3 is 64.5 Å². The van der Waals surface area contributed by atoms with Gasteiger partial charge in [0, 0.05) is 47.9 Å². The normalized spacial score (nSPS) is 14.2. The van der Waals surface area contributed by atoms with Gasteiger partial charge in [0.05, 0.1) is 6.04 Å². The number of primary amides is 1. The molecule has 0 saturated heterocycles. The molecule has 0 spiro atoms. The number of benzene rings is 6. The van der Waals surface area contributed by atoms with E-state index >= 15 is 0 Å². The number of carbonyl (C=O) groups excluding carboxylic acids is 8. The van der Waals surface area contributed by atoms with Crippen LogP contribution in [-0.4, -0.2) is 124 Å². The van der Waals surface area contributed by atoms with Crippen molar-refractivity contribution in [2.45, 2.75) is 101 Å². The van der Waals surface area contributed by atoms with Crippen LogP contribution in [0.2, 0.25) is 0 Å². The summed E-state index contributed by atoms with van der Waals surface area (Å²) in [6.45, 7) is 3.47. The minimum absolute atomic E-state index is 0.00390. The zero-order valence-electron chi connectivity index (χ0n) is 46.7. The van der Waals surface area contributed by atoms with Crippen molar-refractivity contribution in [2.75, 3.05) is 18.1 Å². The highest BCUT2D eigenvalue weighted by atomic mass is 32.1. The molecule has 0 fully saturated rings. The third-order valence-corrected chi connectivity index (χ3v) is 15.2. The Bertz CT molecular complexity index is 3470. The van der Waals surface area contributed by atoms with Gasteiger partial charge in [0.1, 0.15) is 48.0 Å². The van der Waals surface area contributed by atoms with Gasteiger partial charge in [-0.15, -0.1) is 0 Å². The smallest absolute Gasteiger partial charge is 0.244 e. The van der Waals surface area contributed by atoms with E-state index in [-0.39, 0.29) is 62.3 Å². The molecule has 0 aliphatic heterocycles. The lowest BCUT2D eigenvalue weighted by Gasteiger charge is -2.29. The number of aromatic nitrogens is 1. The van der Waals surface area contributed by atoms with Crippen molar-refractivity contribution >= 4 is 105 Å². The minimum Gasteiger partial charge on any atom is -0.508 e. The zero-order chi connectivity index (χ0) is 60.5. The number of hydrogen-bond donors (Lipinski definition) is 14. The van der Waals surface area contributed by atoms with Crippen LogP contribution in [0.25, 0.3) is 32.4 Å². The number of nitrogens with two attached hydrogens (primary N) is 3. The third-order valence-electron chi connectivity index (χ3n) is 14.5. The van der Waals surface area contributed by atoms with E-state index < -0.39 is 102 Å². The van der Waals surface area contributed by atoms with E-state index in [1.54, 1.807) is 32.2 Å². The molecule has 15 N–H and O–H groups in total. The molecule has 8 unspecified atom stereocenters. The minimum atomic E-state index is -1.40. The first-order chi connectivity index (χ1) is 40.3. The van der Waals surface area contributed by atoms with E-state index in [1.807, 2.05) is 109 Å². The van der Waals surface area contributed by atoms with E-state index in [0.717, 1.165) is 43.6 Å². The number of para-hydroxylation sites is 1. The lowest BCUT2D eigenvalue weighted by atomic mass is 10.00. The van der Waals surface area contributed by atoms with Gasteiger partial charge in [0.2, 0.25) is 47.3 Å². The van der Waals surface area contributed by atoms with E-state index in [9.17, 15) is 43.5 Å². The van der Waals surface area contributed by atoms with Crippen molar-refractivity contribution < 1.29 is 43.5 Å². The monoisotopic (exact) mass is 1180 g/mol. The number of carbonyl (C=O) groups is 8. The zero-order valence-corrected chi connectivity index (χ0v) is 48.5. The van der Waals surface area contributed by atoms with Gasteiger partial charge in [-0.25, -0.2) is 0 Å². The largest absolute Gasteiger partial charge is 0.508 e. The fraction of sp³-hybridized carbons (Fsp3) is 0.323. The average Bonchev–Trinajstić information content (AvgIpc) is 4.12. The maximum absolute atomic E-state index is 14.8. The molecule has 0 aliphatic rings. The van der Waals surface area contributed by atoms with Crippen molar-refractivity contribution in [3.8, 4) is 5.75 Å². The van der Waals surface area contributed by atoms with E-state index in [0.29, 0.717) is 11.1 Å². The molecule has 7 aromatic rings. The van der Waals surface area contributed by atoms with Crippen molar-refractivity contribution in [3.63, 3.8) is 0 Å². The summed E-state index contributed by atoms with van der Waals surface area (Å²) in [4.78, 5) is 115. The molecule has 6 aromatic carbocycles. The number of thiol groups is 2. The topological polar surface area (TPSA) is 335 Å². The molecule has 8 atom stereocenters. The van der Waals surface area contributed by atoms with E-state index in [2.05, 4.69) is 67.5 Å². The van der Waals surface area contributed by atoms with Gasteiger partial charge in [-0.1, -0.05) is 129 Å². The molecule has 442 valence electrons. The maximum atomic E-state index is 14.8. The number of phenols is 1. The molecule has 7 rings (SSSR count). The number of hydrogen-bond acceptors (Lipinski definition) is 13. The first kappa shape index (κ1) is 63.1. The fourth-order valence-corrected chi connectivity index (χ4v) is 10.3. The molecular formula is C62H73N11O9S2. The molecule has 0 saturated carbocycles. The Morgan fingerprint density at radius 3 is 1.51 bits per heavy atom. The first-order valence-electron chi connectivity index (χ1n) is 27.7. The van der Waals surface area contributed by atoms with Crippen LogP contribution < -0.4 is 54.4 Å². The number of nitrogens with one attached hydrogen (secondary N) is 8. The molecule has 0 radical (unpaired) electrons. The second-order valence-electron chi connectivity index (χ2n) is 21.1. The summed E-state index contributed by atoms with van der Waals surface area (Å²) in [5.74, 6) is -7.05. The van der Waals surface area contributed by atoms with Crippen LogP contribution >= 0.6 is 25.3 Å². The number of phenolic OH excluding ortho intramolecular Hbond substituents is 1. The molecule has 84 heavy (non-hydrogen) atoms. The van der Waals surface area contributed by atoms with Crippen LogP contribution in [-0.2, 0) is 64.0 Å². The number of amides is 8. The first-order valence-corrected chi connectivity index (χ1v) is 29.0. The highest BCUT2D eigenvalue weighted by Gasteiger charge is 2.35. The Hall–Kier alpha value is -8.44. The predicted molar refractivity (Wildman–Crippen MR) is 331 cm³/mol. The molecule has 8 amide bonds. The van der Waals surface area contributed by atoms with Crippen LogP contribution in [0.4, 0.5) is 0 Å². The highest BCUT2D eigenvalue weighted by Crippen LogP contribution is 2.22. The van der Waals surface area contributed by atoms with Crippen molar-refractivity contribution in [2.24, 2.45) is 23.1 Å². The lowest BCUT2D eigenvalue weighted by molar-refractivity contribution is -0.136. The van der Waals surface area contributed by atoms with Crippen LogP contribution in [0.15, 0.2) is 140 Å². The summed E-state index contributed by atoms with van der Waals surface area (Å²) < 4.78 is 0. The lowest BCUT2D eigenvalue weighted by Crippen LogP contribution is -2.61. The fourth-order valence-electron chi connectivity index (χ4n) is 9.74. The number of aromatic amines is 1. The van der Waals surface area contributed by atoms with Crippen molar-refractivity contribution in [1.82, 2.24) is 42.2 Å². The molecule has 0 aliphatic carbocycles. The number of aromatic hydroxyl groups is 1.